The predicted molar refractivity (Wildman–Crippen MR) is 118 cm³/mol. The van der Waals surface area contributed by atoms with Crippen molar-refractivity contribution in [2.75, 3.05) is 13.7 Å². The molecule has 1 aliphatic rings. The van der Waals surface area contributed by atoms with Crippen molar-refractivity contribution in [3.05, 3.63) is 95.6 Å². The summed E-state index contributed by atoms with van der Waals surface area (Å²) in [5.41, 5.74) is 2.51. The molecule has 2 N–H and O–H groups in total. The van der Waals surface area contributed by atoms with E-state index in [-0.39, 0.29) is 12.5 Å². The van der Waals surface area contributed by atoms with Gasteiger partial charge in [-0.05, 0) is 35.6 Å². The third-order valence-electron chi connectivity index (χ3n) is 5.03. The zero-order chi connectivity index (χ0) is 22.1. The van der Waals surface area contributed by atoms with Crippen LogP contribution in [0.1, 0.15) is 21.5 Å². The van der Waals surface area contributed by atoms with E-state index in [1.54, 1.807) is 12.1 Å². The summed E-state index contributed by atoms with van der Waals surface area (Å²) in [7, 11) is 1.28. The van der Waals surface area contributed by atoms with E-state index in [1.807, 2.05) is 54.6 Å². The number of ether oxygens (including phenoxy) is 1. The second-order valence-corrected chi connectivity index (χ2v) is 7.35. The van der Waals surface area contributed by atoms with Gasteiger partial charge >= 0.3 is 5.97 Å². The highest BCUT2D eigenvalue weighted by molar-refractivity contribution is 5.97. The molecule has 1 atom stereocenters. The first-order chi connectivity index (χ1) is 15.0. The number of methoxy groups -OCH3 is 1. The van der Waals surface area contributed by atoms with E-state index < -0.39 is 17.9 Å². The van der Waals surface area contributed by atoms with Crippen molar-refractivity contribution in [1.82, 2.24) is 10.6 Å². The second-order valence-electron chi connectivity index (χ2n) is 7.35. The van der Waals surface area contributed by atoms with Crippen LogP contribution in [0.15, 0.2) is 78.9 Å². The Morgan fingerprint density at radius 2 is 1.61 bits per heavy atom. The maximum atomic E-state index is 12.4. The number of carbonyl (C=O) groups is 3. The summed E-state index contributed by atoms with van der Waals surface area (Å²) in [5.74, 6) is -0.954. The third-order valence-corrected chi connectivity index (χ3v) is 5.03. The van der Waals surface area contributed by atoms with Gasteiger partial charge in [-0.15, -0.1) is 0 Å². The van der Waals surface area contributed by atoms with Gasteiger partial charge in [-0.25, -0.2) is 4.79 Å². The quantitative estimate of drug-likeness (QED) is 0.613. The van der Waals surface area contributed by atoms with Gasteiger partial charge in [-0.3, -0.25) is 9.59 Å². The van der Waals surface area contributed by atoms with Gasteiger partial charge in [-0.1, -0.05) is 66.8 Å². The summed E-state index contributed by atoms with van der Waals surface area (Å²) in [5, 5.41) is 5.22. The Labute approximate surface area is 182 Å². The van der Waals surface area contributed by atoms with Crippen molar-refractivity contribution in [2.45, 2.75) is 18.9 Å². The van der Waals surface area contributed by atoms with Gasteiger partial charge in [0.05, 0.1) is 13.7 Å². The van der Waals surface area contributed by atoms with Gasteiger partial charge < -0.3 is 15.4 Å². The molecular formula is C25H26N2O4. The van der Waals surface area contributed by atoms with Crippen molar-refractivity contribution >= 4 is 17.8 Å². The molecule has 0 bridgehead atoms. The number of rotatable bonds is 9. The number of hydrogen-bond donors (Lipinski definition) is 2. The summed E-state index contributed by atoms with van der Waals surface area (Å²) in [6, 6.07) is 15.8. The molecular weight excluding hydrogens is 392 g/mol. The normalized spacial score (nSPS) is 13.6. The molecule has 0 heterocycles. The zero-order valence-electron chi connectivity index (χ0n) is 17.4. The number of carbonyl (C=O) groups excluding carboxylic acids is 3. The highest BCUT2D eigenvalue weighted by atomic mass is 16.5. The molecule has 3 rings (SSSR count). The molecule has 31 heavy (non-hydrogen) atoms. The lowest BCUT2D eigenvalue weighted by atomic mass is 10.00. The standard InChI is InChI=1S/C25H26N2O4/c1-31-25(30)22(16-19-7-3-2-4-8-19)27-23(28)17-26-24(29)21-13-11-20(12-14-21)15-18-9-5-6-10-18/h2-14,18,22H,15-17H2,1H3,(H,26,29)(H,27,28)/t22-/m0/s1. The number of hydrogen-bond acceptors (Lipinski definition) is 4. The molecule has 0 aliphatic heterocycles. The monoisotopic (exact) mass is 418 g/mol. The SMILES string of the molecule is COC(=O)[C@H](Cc1ccccc1)NC(=O)CNC(=O)c1ccc(CC2C=CC=C2)cc1. The van der Waals surface area contributed by atoms with Crippen LogP contribution in [0.2, 0.25) is 0 Å². The van der Waals surface area contributed by atoms with Crippen molar-refractivity contribution in [3.63, 3.8) is 0 Å². The molecule has 2 aromatic rings. The van der Waals surface area contributed by atoms with Gasteiger partial charge in [0.25, 0.3) is 5.91 Å². The molecule has 6 heteroatoms. The molecule has 0 aromatic heterocycles. The Kier molecular flexibility index (Phi) is 7.76. The van der Waals surface area contributed by atoms with Crippen LogP contribution in [0.5, 0.6) is 0 Å². The zero-order valence-corrected chi connectivity index (χ0v) is 17.4. The van der Waals surface area contributed by atoms with Gasteiger partial charge in [0.1, 0.15) is 6.04 Å². The topological polar surface area (TPSA) is 84.5 Å². The minimum absolute atomic E-state index is 0.236. The largest absolute Gasteiger partial charge is 0.467 e. The van der Waals surface area contributed by atoms with Gasteiger partial charge in [0.2, 0.25) is 5.91 Å². The van der Waals surface area contributed by atoms with E-state index in [4.69, 9.17) is 4.74 Å². The molecule has 6 nitrogen and oxygen atoms in total. The van der Waals surface area contributed by atoms with E-state index in [0.717, 1.165) is 17.5 Å². The minimum atomic E-state index is -0.824. The average molecular weight is 418 g/mol. The first-order valence-corrected chi connectivity index (χ1v) is 10.2. The molecule has 160 valence electrons. The molecule has 0 spiro atoms. The van der Waals surface area contributed by atoms with Crippen LogP contribution in [0.4, 0.5) is 0 Å². The molecule has 0 unspecified atom stereocenters. The lowest BCUT2D eigenvalue weighted by Crippen LogP contribution is -2.47. The third kappa shape index (κ3) is 6.67. The number of benzene rings is 2. The fourth-order valence-electron chi connectivity index (χ4n) is 3.37. The molecule has 0 radical (unpaired) electrons. The van der Waals surface area contributed by atoms with Crippen molar-refractivity contribution in [3.8, 4) is 0 Å². The summed E-state index contributed by atoms with van der Waals surface area (Å²) < 4.78 is 4.79. The summed E-state index contributed by atoms with van der Waals surface area (Å²) in [6.07, 6.45) is 9.52. The van der Waals surface area contributed by atoms with Crippen LogP contribution in [-0.4, -0.2) is 37.5 Å². The Hall–Kier alpha value is -3.67. The summed E-state index contributed by atoms with van der Waals surface area (Å²) in [4.78, 5) is 36.7. The van der Waals surface area contributed by atoms with Crippen LogP contribution in [0.3, 0.4) is 0 Å². The number of amides is 2. The Morgan fingerprint density at radius 1 is 0.935 bits per heavy atom. The van der Waals surface area contributed by atoms with Gasteiger partial charge in [0, 0.05) is 12.0 Å². The van der Waals surface area contributed by atoms with Gasteiger partial charge in [-0.2, -0.15) is 0 Å². The lowest BCUT2D eigenvalue weighted by Gasteiger charge is -2.17. The fraction of sp³-hybridized carbons (Fsp3) is 0.240. The van der Waals surface area contributed by atoms with E-state index >= 15 is 0 Å². The van der Waals surface area contributed by atoms with E-state index in [9.17, 15) is 14.4 Å². The predicted octanol–water partition coefficient (Wildman–Crippen LogP) is 2.60. The highest BCUT2D eigenvalue weighted by Gasteiger charge is 2.22. The van der Waals surface area contributed by atoms with Crippen LogP contribution in [0.25, 0.3) is 0 Å². The van der Waals surface area contributed by atoms with E-state index in [0.29, 0.717) is 17.9 Å². The second kappa shape index (κ2) is 10.9. The maximum absolute atomic E-state index is 12.4. The maximum Gasteiger partial charge on any atom is 0.328 e. The van der Waals surface area contributed by atoms with Crippen LogP contribution < -0.4 is 10.6 Å². The molecule has 2 aromatic carbocycles. The first-order valence-electron chi connectivity index (χ1n) is 10.2. The van der Waals surface area contributed by atoms with Crippen molar-refractivity contribution in [1.29, 1.82) is 0 Å². The van der Waals surface area contributed by atoms with Crippen LogP contribution >= 0.6 is 0 Å². The van der Waals surface area contributed by atoms with Crippen LogP contribution in [0, 0.1) is 5.92 Å². The molecule has 0 saturated carbocycles. The number of allylic oxidation sites excluding steroid dienone is 4. The molecule has 0 fully saturated rings. The molecule has 2 amide bonds. The molecule has 1 aliphatic carbocycles. The Morgan fingerprint density at radius 3 is 2.26 bits per heavy atom. The minimum Gasteiger partial charge on any atom is -0.467 e. The number of nitrogens with one attached hydrogen (secondary N) is 2. The van der Waals surface area contributed by atoms with E-state index in [1.165, 1.54) is 7.11 Å². The van der Waals surface area contributed by atoms with Crippen molar-refractivity contribution < 1.29 is 19.1 Å². The first kappa shape index (κ1) is 22.0. The summed E-state index contributed by atoms with van der Waals surface area (Å²) in [6.45, 7) is -0.236. The van der Waals surface area contributed by atoms with Crippen LogP contribution in [-0.2, 0) is 27.2 Å². The fourth-order valence-corrected chi connectivity index (χ4v) is 3.37. The lowest BCUT2D eigenvalue weighted by molar-refractivity contribution is -0.144. The van der Waals surface area contributed by atoms with E-state index in [2.05, 4.69) is 22.8 Å². The smallest absolute Gasteiger partial charge is 0.328 e. The Balaban J connectivity index is 1.50. The molecule has 0 saturated heterocycles. The Bertz CT molecular complexity index is 953. The van der Waals surface area contributed by atoms with Gasteiger partial charge in [0.15, 0.2) is 0 Å². The van der Waals surface area contributed by atoms with Crippen molar-refractivity contribution in [2.24, 2.45) is 5.92 Å². The summed E-state index contributed by atoms with van der Waals surface area (Å²) >= 11 is 0. The highest BCUT2D eigenvalue weighted by Crippen LogP contribution is 2.16. The number of esters is 1. The average Bonchev–Trinajstić information content (AvgIpc) is 3.30.